The van der Waals surface area contributed by atoms with E-state index in [-0.39, 0.29) is 5.84 Å². The van der Waals surface area contributed by atoms with Crippen LogP contribution in [0.2, 0.25) is 5.02 Å². The molecule has 0 bridgehead atoms. The Morgan fingerprint density at radius 3 is 2.50 bits per heavy atom. The lowest BCUT2D eigenvalue weighted by Crippen LogP contribution is -2.38. The lowest BCUT2D eigenvalue weighted by molar-refractivity contribution is -0.184. The number of amidine groups is 1. The van der Waals surface area contributed by atoms with Gasteiger partial charge in [0.05, 0.1) is 25.4 Å². The fraction of sp³-hybridized carbons (Fsp3) is 0.400. The van der Waals surface area contributed by atoms with E-state index in [4.69, 9.17) is 26.8 Å². The summed E-state index contributed by atoms with van der Waals surface area (Å²) < 4.78 is 11.3. The van der Waals surface area contributed by atoms with E-state index >= 15 is 0 Å². The van der Waals surface area contributed by atoms with Crippen molar-refractivity contribution in [2.75, 3.05) is 13.2 Å². The van der Waals surface area contributed by atoms with Crippen molar-refractivity contribution in [1.82, 2.24) is 0 Å². The normalized spacial score (nSPS) is 37.2. The number of hydrogen-bond acceptors (Lipinski definition) is 6. The summed E-state index contributed by atoms with van der Waals surface area (Å²) in [4.78, 5) is 4.20. The van der Waals surface area contributed by atoms with Gasteiger partial charge in [-0.1, -0.05) is 29.8 Å². The molecule has 2 aliphatic heterocycles. The monoisotopic (exact) mass is 314 g/mol. The molecule has 0 aromatic heterocycles. The summed E-state index contributed by atoms with van der Waals surface area (Å²) in [5.74, 6) is -1.96. The number of benzene rings is 1. The van der Waals surface area contributed by atoms with E-state index in [9.17, 15) is 10.5 Å². The highest BCUT2D eigenvalue weighted by atomic mass is 35.5. The van der Waals surface area contributed by atoms with Crippen molar-refractivity contribution in [3.05, 3.63) is 34.9 Å². The number of aliphatic imine (C=N–C) groups is 1. The van der Waals surface area contributed by atoms with Crippen LogP contribution in [-0.4, -0.2) is 25.0 Å². The average molecular weight is 315 g/mol. The molecule has 1 spiro atoms. The highest BCUT2D eigenvalue weighted by Gasteiger charge is 2.94. The Hall–Kier alpha value is -2.12. The molecule has 7 heteroatoms. The molecule has 6 nitrogen and oxygen atoms in total. The van der Waals surface area contributed by atoms with Crippen LogP contribution in [0.4, 0.5) is 0 Å². The maximum atomic E-state index is 9.90. The van der Waals surface area contributed by atoms with Gasteiger partial charge in [0.15, 0.2) is 5.41 Å². The molecule has 22 heavy (non-hydrogen) atoms. The third-order valence-corrected chi connectivity index (χ3v) is 5.17. The van der Waals surface area contributed by atoms with E-state index in [0.717, 1.165) is 0 Å². The van der Waals surface area contributed by atoms with E-state index < -0.39 is 22.7 Å². The first kappa shape index (κ1) is 13.5. The SMILES string of the molecule is N#C[C@@]12C(N)=NC3(OCCO3)[C@]1(C#N)[C@H]2c1ccccc1Cl. The van der Waals surface area contributed by atoms with E-state index in [1.807, 2.05) is 6.07 Å². The number of halogens is 1. The van der Waals surface area contributed by atoms with Gasteiger partial charge < -0.3 is 15.2 Å². The Morgan fingerprint density at radius 1 is 1.23 bits per heavy atom. The fourth-order valence-corrected chi connectivity index (χ4v) is 4.14. The zero-order valence-corrected chi connectivity index (χ0v) is 12.2. The topological polar surface area (TPSA) is 104 Å². The summed E-state index contributed by atoms with van der Waals surface area (Å²) in [7, 11) is 0. The van der Waals surface area contributed by atoms with Gasteiger partial charge >= 0.3 is 0 Å². The Morgan fingerprint density at radius 2 is 1.91 bits per heavy atom. The molecule has 0 radical (unpaired) electrons. The number of rotatable bonds is 1. The number of fused-ring (bicyclic) bond motifs is 2. The van der Waals surface area contributed by atoms with E-state index in [1.165, 1.54) is 0 Å². The molecule has 3 atom stereocenters. The second-order valence-electron chi connectivity index (χ2n) is 5.57. The quantitative estimate of drug-likeness (QED) is 0.846. The summed E-state index contributed by atoms with van der Waals surface area (Å²) in [5.41, 5.74) is 4.14. The van der Waals surface area contributed by atoms with Crippen LogP contribution in [0.15, 0.2) is 29.3 Å². The molecule has 2 N–H and O–H groups in total. The van der Waals surface area contributed by atoms with E-state index in [1.54, 1.807) is 18.2 Å². The van der Waals surface area contributed by atoms with E-state index in [0.29, 0.717) is 23.8 Å². The summed E-state index contributed by atoms with van der Waals surface area (Å²) >= 11 is 6.27. The first-order valence-corrected chi connectivity index (χ1v) is 7.18. The number of nitriles is 2. The fourth-order valence-electron chi connectivity index (χ4n) is 3.89. The molecule has 0 amide bonds. The largest absolute Gasteiger partial charge is 0.386 e. The molecule has 1 aromatic rings. The lowest BCUT2D eigenvalue weighted by atomic mass is 9.94. The van der Waals surface area contributed by atoms with Crippen molar-refractivity contribution in [2.45, 2.75) is 11.8 Å². The minimum atomic E-state index is -1.51. The number of nitrogens with zero attached hydrogens (tertiary/aromatic N) is 3. The summed E-state index contributed by atoms with van der Waals surface area (Å²) in [5, 5.41) is 20.2. The molecule has 1 saturated heterocycles. The first-order chi connectivity index (χ1) is 10.6. The number of hydrogen-bond donors (Lipinski definition) is 1. The van der Waals surface area contributed by atoms with Crippen molar-refractivity contribution in [1.29, 1.82) is 10.5 Å². The zero-order chi connectivity index (χ0) is 15.6. The molecule has 110 valence electrons. The summed E-state index contributed by atoms with van der Waals surface area (Å²) in [6.45, 7) is 0.605. The van der Waals surface area contributed by atoms with Crippen LogP contribution in [0.25, 0.3) is 0 Å². The van der Waals surface area contributed by atoms with Crippen LogP contribution in [0.5, 0.6) is 0 Å². The highest BCUT2D eigenvalue weighted by Crippen LogP contribution is 2.82. The van der Waals surface area contributed by atoms with Gasteiger partial charge in [-0.3, -0.25) is 0 Å². The maximum Gasteiger partial charge on any atom is 0.293 e. The Balaban J connectivity index is 1.97. The molecular formula is C15H11ClN4O2. The van der Waals surface area contributed by atoms with Crippen LogP contribution in [0.1, 0.15) is 11.5 Å². The van der Waals surface area contributed by atoms with Crippen molar-refractivity contribution in [3.63, 3.8) is 0 Å². The smallest absolute Gasteiger partial charge is 0.293 e. The van der Waals surface area contributed by atoms with Crippen molar-refractivity contribution < 1.29 is 9.47 Å². The first-order valence-electron chi connectivity index (χ1n) is 6.80. The third-order valence-electron chi connectivity index (χ3n) is 4.82. The molecule has 2 fully saturated rings. The van der Waals surface area contributed by atoms with E-state index in [2.05, 4.69) is 17.1 Å². The lowest BCUT2D eigenvalue weighted by Gasteiger charge is -2.25. The van der Waals surface area contributed by atoms with Crippen LogP contribution in [-0.2, 0) is 9.47 Å². The molecule has 2 heterocycles. The number of ether oxygens (including phenoxy) is 2. The summed E-state index contributed by atoms with van der Waals surface area (Å²) in [6, 6.07) is 11.5. The van der Waals surface area contributed by atoms with Crippen LogP contribution in [0, 0.1) is 33.5 Å². The molecule has 0 unspecified atom stereocenters. The minimum absolute atomic E-state index is 0.0726. The van der Waals surface area contributed by atoms with Crippen LogP contribution >= 0.6 is 11.6 Å². The molecule has 1 aromatic carbocycles. The van der Waals surface area contributed by atoms with Gasteiger partial charge in [0.25, 0.3) is 5.91 Å². The molecule has 1 saturated carbocycles. The van der Waals surface area contributed by atoms with Crippen molar-refractivity contribution in [3.8, 4) is 12.1 Å². The Labute approximate surface area is 131 Å². The average Bonchev–Trinajstić information content (AvgIpc) is 2.76. The van der Waals surface area contributed by atoms with Crippen LogP contribution < -0.4 is 5.73 Å². The maximum absolute atomic E-state index is 9.90. The zero-order valence-electron chi connectivity index (χ0n) is 11.4. The van der Waals surface area contributed by atoms with Crippen LogP contribution in [0.3, 0.4) is 0 Å². The highest BCUT2D eigenvalue weighted by molar-refractivity contribution is 6.31. The molecule has 4 rings (SSSR count). The summed E-state index contributed by atoms with van der Waals surface area (Å²) in [6.07, 6.45) is 0. The standard InChI is InChI=1S/C15H11ClN4O2/c16-10-4-2-1-3-9(10)11-13(7-17)12(19)20-15(14(11,13)8-18)21-5-6-22-15/h1-4,11H,5-6H2,(H2,19,20)/t11-,13+,14+/m0/s1. The van der Waals surface area contributed by atoms with Gasteiger partial charge in [-0.15, -0.1) is 0 Å². The van der Waals surface area contributed by atoms with Crippen molar-refractivity contribution in [2.24, 2.45) is 21.6 Å². The second-order valence-corrected chi connectivity index (χ2v) is 5.98. The molecular weight excluding hydrogens is 304 g/mol. The Kier molecular flexibility index (Phi) is 2.46. The van der Waals surface area contributed by atoms with Gasteiger partial charge in [-0.25, -0.2) is 4.99 Å². The van der Waals surface area contributed by atoms with Gasteiger partial charge in [-0.2, -0.15) is 10.5 Å². The van der Waals surface area contributed by atoms with Gasteiger partial charge in [-0.05, 0) is 11.6 Å². The number of nitrogens with two attached hydrogens (primary N) is 1. The van der Waals surface area contributed by atoms with Gasteiger partial charge in [0, 0.05) is 10.9 Å². The van der Waals surface area contributed by atoms with Crippen molar-refractivity contribution >= 4 is 17.4 Å². The molecule has 1 aliphatic carbocycles. The third kappa shape index (κ3) is 1.14. The predicted molar refractivity (Wildman–Crippen MR) is 76.5 cm³/mol. The van der Waals surface area contributed by atoms with Gasteiger partial charge in [0.1, 0.15) is 11.3 Å². The second kappa shape index (κ2) is 3.99. The predicted octanol–water partition coefficient (Wildman–Crippen LogP) is 1.53. The Bertz CT molecular complexity index is 789. The minimum Gasteiger partial charge on any atom is -0.386 e. The van der Waals surface area contributed by atoms with Gasteiger partial charge in [0.2, 0.25) is 0 Å². The molecule has 3 aliphatic rings.